The van der Waals surface area contributed by atoms with Crippen LogP contribution >= 0.6 is 11.6 Å². The number of anilines is 1. The molecule has 2 aliphatic rings. The SMILES string of the molecule is O=C(Nc1cccc(Cl)c1)N1CCN(C(=O)c2cccc(OCC3CCCO3)c2)CC1. The molecule has 2 heterocycles. The summed E-state index contributed by atoms with van der Waals surface area (Å²) in [6.07, 6.45) is 2.20. The minimum absolute atomic E-state index is 0.0579. The van der Waals surface area contributed by atoms with E-state index in [0.29, 0.717) is 54.8 Å². The highest BCUT2D eigenvalue weighted by Crippen LogP contribution is 2.19. The first-order valence-electron chi connectivity index (χ1n) is 10.5. The van der Waals surface area contributed by atoms with Crippen LogP contribution < -0.4 is 10.1 Å². The average molecular weight is 444 g/mol. The Bertz CT molecular complexity index is 925. The summed E-state index contributed by atoms with van der Waals surface area (Å²) in [5.74, 6) is 0.610. The van der Waals surface area contributed by atoms with Gasteiger partial charge in [-0.3, -0.25) is 4.79 Å². The van der Waals surface area contributed by atoms with Gasteiger partial charge in [0.05, 0.1) is 6.10 Å². The van der Waals surface area contributed by atoms with Gasteiger partial charge in [0, 0.05) is 49.1 Å². The Balaban J connectivity index is 1.28. The standard InChI is InChI=1S/C23H26ClN3O4/c24-18-5-2-6-19(15-18)25-23(29)27-11-9-26(10-12-27)22(28)17-4-1-7-20(14-17)31-16-21-8-3-13-30-21/h1-2,4-7,14-15,21H,3,8-13,16H2,(H,25,29). The normalized spacial score (nSPS) is 18.7. The number of nitrogens with zero attached hydrogens (tertiary/aromatic N) is 2. The van der Waals surface area contributed by atoms with Crippen LogP contribution in [0.15, 0.2) is 48.5 Å². The number of halogens is 1. The topological polar surface area (TPSA) is 71.1 Å². The van der Waals surface area contributed by atoms with Crippen LogP contribution in [0.3, 0.4) is 0 Å². The van der Waals surface area contributed by atoms with Gasteiger partial charge in [0.2, 0.25) is 0 Å². The van der Waals surface area contributed by atoms with Gasteiger partial charge in [0.15, 0.2) is 0 Å². The second-order valence-electron chi connectivity index (χ2n) is 7.69. The second kappa shape index (κ2) is 10.0. The number of piperazine rings is 1. The molecule has 2 saturated heterocycles. The van der Waals surface area contributed by atoms with Crippen molar-refractivity contribution in [1.29, 1.82) is 0 Å². The molecule has 2 aromatic carbocycles. The predicted octanol–water partition coefficient (Wildman–Crippen LogP) is 3.89. The van der Waals surface area contributed by atoms with Crippen molar-refractivity contribution in [3.8, 4) is 5.75 Å². The molecule has 2 aliphatic heterocycles. The molecule has 0 aromatic heterocycles. The number of benzene rings is 2. The maximum Gasteiger partial charge on any atom is 0.321 e. The van der Waals surface area contributed by atoms with Crippen LogP contribution in [0.2, 0.25) is 5.02 Å². The zero-order valence-corrected chi connectivity index (χ0v) is 18.0. The fourth-order valence-electron chi connectivity index (χ4n) is 3.75. The molecule has 1 unspecified atom stereocenters. The van der Waals surface area contributed by atoms with E-state index in [4.69, 9.17) is 21.1 Å². The molecule has 4 rings (SSSR count). The molecule has 8 heteroatoms. The summed E-state index contributed by atoms with van der Waals surface area (Å²) in [6.45, 7) is 3.17. The summed E-state index contributed by atoms with van der Waals surface area (Å²) in [5, 5.41) is 3.41. The molecule has 0 aliphatic carbocycles. The fraction of sp³-hybridized carbons (Fsp3) is 0.391. The minimum atomic E-state index is -0.195. The number of amides is 3. The summed E-state index contributed by atoms with van der Waals surface area (Å²) in [5.41, 5.74) is 1.23. The van der Waals surface area contributed by atoms with Crippen LogP contribution in [0.4, 0.5) is 10.5 Å². The Morgan fingerprint density at radius 1 is 1.06 bits per heavy atom. The maximum absolute atomic E-state index is 12.9. The van der Waals surface area contributed by atoms with E-state index in [2.05, 4.69) is 5.32 Å². The third-order valence-corrected chi connectivity index (χ3v) is 5.71. The molecule has 164 valence electrons. The van der Waals surface area contributed by atoms with Crippen molar-refractivity contribution >= 4 is 29.2 Å². The molecular weight excluding hydrogens is 418 g/mol. The molecule has 0 radical (unpaired) electrons. The van der Waals surface area contributed by atoms with E-state index in [1.165, 1.54) is 0 Å². The van der Waals surface area contributed by atoms with Crippen molar-refractivity contribution in [1.82, 2.24) is 9.80 Å². The number of nitrogens with one attached hydrogen (secondary N) is 1. The lowest BCUT2D eigenvalue weighted by molar-refractivity contribution is 0.0661. The summed E-state index contributed by atoms with van der Waals surface area (Å²) < 4.78 is 11.4. The molecule has 0 saturated carbocycles. The Labute approximate surface area is 186 Å². The highest BCUT2D eigenvalue weighted by Gasteiger charge is 2.25. The Kier molecular flexibility index (Phi) is 6.94. The number of ether oxygens (including phenoxy) is 2. The first-order valence-corrected chi connectivity index (χ1v) is 10.9. The van der Waals surface area contributed by atoms with Gasteiger partial charge in [-0.15, -0.1) is 0 Å². The van der Waals surface area contributed by atoms with E-state index < -0.39 is 0 Å². The van der Waals surface area contributed by atoms with Crippen LogP contribution in [0.1, 0.15) is 23.2 Å². The van der Waals surface area contributed by atoms with Crippen LogP contribution in [0.25, 0.3) is 0 Å². The van der Waals surface area contributed by atoms with E-state index in [-0.39, 0.29) is 18.0 Å². The summed E-state index contributed by atoms with van der Waals surface area (Å²) >= 11 is 5.97. The Morgan fingerprint density at radius 2 is 1.84 bits per heavy atom. The Morgan fingerprint density at radius 3 is 2.58 bits per heavy atom. The van der Waals surface area contributed by atoms with Crippen LogP contribution in [-0.2, 0) is 4.74 Å². The molecule has 7 nitrogen and oxygen atoms in total. The molecule has 0 bridgehead atoms. The first kappa shape index (κ1) is 21.5. The van der Waals surface area contributed by atoms with Crippen molar-refractivity contribution in [2.45, 2.75) is 18.9 Å². The van der Waals surface area contributed by atoms with E-state index in [9.17, 15) is 9.59 Å². The molecule has 0 spiro atoms. The number of rotatable bonds is 5. The van der Waals surface area contributed by atoms with E-state index in [0.717, 1.165) is 19.4 Å². The zero-order valence-electron chi connectivity index (χ0n) is 17.3. The third-order valence-electron chi connectivity index (χ3n) is 5.47. The average Bonchev–Trinajstić information content (AvgIpc) is 3.31. The molecule has 1 N–H and O–H groups in total. The van der Waals surface area contributed by atoms with Crippen molar-refractivity contribution in [2.24, 2.45) is 0 Å². The second-order valence-corrected chi connectivity index (χ2v) is 8.13. The third kappa shape index (κ3) is 5.68. The molecule has 2 aromatic rings. The number of hydrogen-bond acceptors (Lipinski definition) is 4. The van der Waals surface area contributed by atoms with E-state index in [1.54, 1.807) is 46.2 Å². The molecule has 1 atom stereocenters. The van der Waals surface area contributed by atoms with Crippen molar-refractivity contribution in [3.05, 3.63) is 59.1 Å². The monoisotopic (exact) mass is 443 g/mol. The van der Waals surface area contributed by atoms with Crippen molar-refractivity contribution < 1.29 is 19.1 Å². The van der Waals surface area contributed by atoms with Gasteiger partial charge in [-0.05, 0) is 49.2 Å². The Hall–Kier alpha value is -2.77. The molecule has 2 fully saturated rings. The number of carbonyl (C=O) groups is 2. The van der Waals surface area contributed by atoms with Gasteiger partial charge in [0.25, 0.3) is 5.91 Å². The summed E-state index contributed by atoms with van der Waals surface area (Å²) in [7, 11) is 0. The number of urea groups is 1. The van der Waals surface area contributed by atoms with Crippen LogP contribution in [-0.4, -0.2) is 67.2 Å². The van der Waals surface area contributed by atoms with Gasteiger partial charge in [-0.1, -0.05) is 23.7 Å². The van der Waals surface area contributed by atoms with Gasteiger partial charge >= 0.3 is 6.03 Å². The summed E-state index contributed by atoms with van der Waals surface area (Å²) in [4.78, 5) is 28.9. The number of carbonyl (C=O) groups excluding carboxylic acids is 2. The van der Waals surface area contributed by atoms with Gasteiger partial charge in [-0.2, -0.15) is 0 Å². The highest BCUT2D eigenvalue weighted by atomic mass is 35.5. The van der Waals surface area contributed by atoms with Crippen molar-refractivity contribution in [3.63, 3.8) is 0 Å². The lowest BCUT2D eigenvalue weighted by Gasteiger charge is -2.34. The lowest BCUT2D eigenvalue weighted by atomic mass is 10.1. The molecular formula is C23H26ClN3O4. The van der Waals surface area contributed by atoms with E-state index >= 15 is 0 Å². The lowest BCUT2D eigenvalue weighted by Crippen LogP contribution is -2.51. The van der Waals surface area contributed by atoms with Gasteiger partial charge < -0.3 is 24.6 Å². The largest absolute Gasteiger partial charge is 0.491 e. The number of hydrogen-bond donors (Lipinski definition) is 1. The molecule has 31 heavy (non-hydrogen) atoms. The fourth-order valence-corrected chi connectivity index (χ4v) is 3.94. The highest BCUT2D eigenvalue weighted by molar-refractivity contribution is 6.30. The smallest absolute Gasteiger partial charge is 0.321 e. The summed E-state index contributed by atoms with van der Waals surface area (Å²) in [6, 6.07) is 14.1. The van der Waals surface area contributed by atoms with Crippen molar-refractivity contribution in [2.75, 3.05) is 44.7 Å². The quantitative estimate of drug-likeness (QED) is 0.761. The molecule has 3 amide bonds. The van der Waals surface area contributed by atoms with Gasteiger partial charge in [-0.25, -0.2) is 4.79 Å². The minimum Gasteiger partial charge on any atom is -0.491 e. The maximum atomic E-state index is 12.9. The first-order chi connectivity index (χ1) is 15.1. The predicted molar refractivity (Wildman–Crippen MR) is 119 cm³/mol. The van der Waals surface area contributed by atoms with E-state index in [1.807, 2.05) is 12.1 Å². The van der Waals surface area contributed by atoms with Crippen LogP contribution in [0, 0.1) is 0 Å². The zero-order chi connectivity index (χ0) is 21.6. The van der Waals surface area contributed by atoms with Crippen LogP contribution in [0.5, 0.6) is 5.75 Å². The van der Waals surface area contributed by atoms with Gasteiger partial charge in [0.1, 0.15) is 12.4 Å².